The molecule has 136 valence electrons. The molecule has 1 heterocycles. The van der Waals surface area contributed by atoms with Crippen LogP contribution in [0.1, 0.15) is 11.3 Å². The lowest BCUT2D eigenvalue weighted by molar-refractivity contribution is -0.138. The van der Waals surface area contributed by atoms with E-state index in [-0.39, 0.29) is 6.54 Å². The minimum Gasteiger partial charge on any atom is -0.480 e. The van der Waals surface area contributed by atoms with Gasteiger partial charge in [0, 0.05) is 20.9 Å². The van der Waals surface area contributed by atoms with Crippen LogP contribution in [-0.2, 0) is 17.5 Å². The fourth-order valence-corrected chi connectivity index (χ4v) is 3.76. The molecule has 0 bridgehead atoms. The third-order valence-electron chi connectivity index (χ3n) is 3.92. The average molecular weight is 383 g/mol. The molecule has 0 fully saturated rings. The van der Waals surface area contributed by atoms with Gasteiger partial charge in [-0.15, -0.1) is 0 Å². The first-order chi connectivity index (χ1) is 12.2. The summed E-state index contributed by atoms with van der Waals surface area (Å²) in [5.41, 5.74) is 0.413. The topological polar surface area (TPSA) is 42.2 Å². The molecule has 3 nitrogen and oxygen atoms in total. The van der Waals surface area contributed by atoms with Crippen molar-refractivity contribution in [2.75, 3.05) is 0 Å². The fourth-order valence-electron chi connectivity index (χ4n) is 2.72. The number of carbonyl (C=O) groups is 1. The summed E-state index contributed by atoms with van der Waals surface area (Å²) in [7, 11) is 0. The molecule has 0 saturated carbocycles. The number of benzene rings is 2. The van der Waals surface area contributed by atoms with Crippen molar-refractivity contribution >= 4 is 28.6 Å². The molecule has 0 atom stereocenters. The number of hydrogen-bond acceptors (Lipinski definition) is 2. The zero-order valence-corrected chi connectivity index (χ0v) is 14.3. The Morgan fingerprint density at radius 2 is 1.81 bits per heavy atom. The lowest BCUT2D eigenvalue weighted by atomic mass is 10.2. The number of aromatic nitrogens is 1. The molecular weight excluding hydrogens is 370 g/mol. The second kappa shape index (κ2) is 6.68. The van der Waals surface area contributed by atoms with Gasteiger partial charge in [-0.2, -0.15) is 13.2 Å². The van der Waals surface area contributed by atoms with E-state index < -0.39 is 23.5 Å². The van der Waals surface area contributed by atoms with Gasteiger partial charge < -0.3 is 9.67 Å². The van der Waals surface area contributed by atoms with Crippen LogP contribution in [-0.4, -0.2) is 15.6 Å². The van der Waals surface area contributed by atoms with E-state index in [0.29, 0.717) is 26.4 Å². The maximum atomic E-state index is 13.7. The van der Waals surface area contributed by atoms with Gasteiger partial charge in [0.15, 0.2) is 0 Å². The minimum absolute atomic E-state index is 0.290. The van der Waals surface area contributed by atoms with Crippen molar-refractivity contribution in [1.82, 2.24) is 4.57 Å². The smallest absolute Gasteiger partial charge is 0.416 e. The Morgan fingerprint density at radius 3 is 2.38 bits per heavy atom. The maximum absolute atomic E-state index is 13.7. The first kappa shape index (κ1) is 18.3. The molecule has 0 aliphatic rings. The SMILES string of the molecule is Cc1c(Sc2ccc(C(F)(F)F)cc2)c2cc(F)ccc2n1CC(=O)O. The van der Waals surface area contributed by atoms with Gasteiger partial charge in [-0.1, -0.05) is 11.8 Å². The Morgan fingerprint density at radius 1 is 1.15 bits per heavy atom. The van der Waals surface area contributed by atoms with Gasteiger partial charge in [-0.25, -0.2) is 4.39 Å². The predicted molar refractivity (Wildman–Crippen MR) is 89.8 cm³/mol. The van der Waals surface area contributed by atoms with Gasteiger partial charge in [-0.05, 0) is 49.4 Å². The predicted octanol–water partition coefficient (Wildman–Crippen LogP) is 5.34. The maximum Gasteiger partial charge on any atom is 0.416 e. The van der Waals surface area contributed by atoms with Crippen molar-refractivity contribution in [3.63, 3.8) is 0 Å². The fraction of sp³-hybridized carbons (Fsp3) is 0.167. The van der Waals surface area contributed by atoms with E-state index in [9.17, 15) is 22.4 Å². The standard InChI is InChI=1S/C18H13F4NO2S/c1-10-17(26-13-5-2-11(3-6-13)18(20,21)22)14-8-12(19)4-7-15(14)23(10)9-16(24)25/h2-8H,9H2,1H3,(H,24,25). The largest absolute Gasteiger partial charge is 0.480 e. The number of alkyl halides is 3. The van der Waals surface area contributed by atoms with E-state index in [4.69, 9.17) is 5.11 Å². The average Bonchev–Trinajstić information content (AvgIpc) is 2.79. The number of fused-ring (bicyclic) bond motifs is 1. The Bertz CT molecular complexity index is 978. The monoisotopic (exact) mass is 383 g/mol. The van der Waals surface area contributed by atoms with Crippen LogP contribution in [0, 0.1) is 12.7 Å². The van der Waals surface area contributed by atoms with Crippen LogP contribution in [0.25, 0.3) is 10.9 Å². The van der Waals surface area contributed by atoms with Crippen molar-refractivity contribution in [3.05, 3.63) is 59.5 Å². The number of halogens is 4. The van der Waals surface area contributed by atoms with Crippen LogP contribution >= 0.6 is 11.8 Å². The highest BCUT2D eigenvalue weighted by atomic mass is 32.2. The summed E-state index contributed by atoms with van der Waals surface area (Å²) in [5, 5.41) is 9.62. The molecule has 2 aromatic carbocycles. The summed E-state index contributed by atoms with van der Waals surface area (Å²) in [6, 6.07) is 8.68. The lowest BCUT2D eigenvalue weighted by Crippen LogP contribution is -2.09. The number of nitrogens with zero attached hydrogens (tertiary/aromatic N) is 1. The number of rotatable bonds is 4. The van der Waals surface area contributed by atoms with Crippen molar-refractivity contribution in [2.45, 2.75) is 29.4 Å². The summed E-state index contributed by atoms with van der Waals surface area (Å²) >= 11 is 1.17. The van der Waals surface area contributed by atoms with Gasteiger partial charge in [0.2, 0.25) is 0 Å². The Hall–Kier alpha value is -2.48. The Kier molecular flexibility index (Phi) is 4.70. The van der Waals surface area contributed by atoms with Crippen LogP contribution in [0.5, 0.6) is 0 Å². The van der Waals surface area contributed by atoms with Crippen molar-refractivity contribution in [2.24, 2.45) is 0 Å². The number of hydrogen-bond donors (Lipinski definition) is 1. The van der Waals surface area contributed by atoms with E-state index >= 15 is 0 Å². The Labute approximate surface area is 150 Å². The van der Waals surface area contributed by atoms with E-state index in [0.717, 1.165) is 12.1 Å². The van der Waals surface area contributed by atoms with Crippen LogP contribution in [0.2, 0.25) is 0 Å². The van der Waals surface area contributed by atoms with Crippen LogP contribution in [0.4, 0.5) is 17.6 Å². The lowest BCUT2D eigenvalue weighted by Gasteiger charge is -2.08. The highest BCUT2D eigenvalue weighted by Gasteiger charge is 2.30. The van der Waals surface area contributed by atoms with Gasteiger partial charge in [0.1, 0.15) is 12.4 Å². The van der Waals surface area contributed by atoms with Crippen molar-refractivity contribution in [1.29, 1.82) is 0 Å². The number of carboxylic acid groups (broad SMARTS) is 1. The van der Waals surface area contributed by atoms with Crippen LogP contribution in [0.15, 0.2) is 52.3 Å². The van der Waals surface area contributed by atoms with E-state index in [1.807, 2.05) is 0 Å². The molecule has 0 aliphatic carbocycles. The second-order valence-electron chi connectivity index (χ2n) is 5.68. The van der Waals surface area contributed by atoms with Gasteiger partial charge >= 0.3 is 12.1 Å². The summed E-state index contributed by atoms with van der Waals surface area (Å²) < 4.78 is 53.3. The quantitative estimate of drug-likeness (QED) is 0.618. The molecule has 8 heteroatoms. The first-order valence-electron chi connectivity index (χ1n) is 7.52. The van der Waals surface area contributed by atoms with Gasteiger partial charge in [-0.3, -0.25) is 4.79 Å². The summed E-state index contributed by atoms with van der Waals surface area (Å²) in [6.07, 6.45) is -4.42. The van der Waals surface area contributed by atoms with E-state index in [2.05, 4.69) is 0 Å². The zero-order chi connectivity index (χ0) is 19.1. The molecule has 1 N–H and O–H groups in total. The minimum atomic E-state index is -4.42. The molecule has 0 amide bonds. The third kappa shape index (κ3) is 3.55. The highest BCUT2D eigenvalue weighted by Crippen LogP contribution is 2.39. The highest BCUT2D eigenvalue weighted by molar-refractivity contribution is 7.99. The normalized spacial score (nSPS) is 11.9. The molecule has 3 aromatic rings. The van der Waals surface area contributed by atoms with Gasteiger partial charge in [0.05, 0.1) is 11.1 Å². The van der Waals surface area contributed by atoms with Crippen molar-refractivity contribution in [3.8, 4) is 0 Å². The van der Waals surface area contributed by atoms with Crippen LogP contribution < -0.4 is 0 Å². The van der Waals surface area contributed by atoms with Gasteiger partial charge in [0.25, 0.3) is 0 Å². The summed E-state index contributed by atoms with van der Waals surface area (Å²) in [5.74, 6) is -1.51. The molecule has 0 radical (unpaired) electrons. The first-order valence-corrected chi connectivity index (χ1v) is 8.33. The molecule has 1 aromatic heterocycles. The number of aliphatic carboxylic acids is 1. The number of carboxylic acids is 1. The summed E-state index contributed by atoms with van der Waals surface area (Å²) in [4.78, 5) is 12.3. The third-order valence-corrected chi connectivity index (χ3v) is 5.15. The van der Waals surface area contributed by atoms with E-state index in [1.54, 1.807) is 11.5 Å². The summed E-state index contributed by atoms with van der Waals surface area (Å²) in [6.45, 7) is 1.41. The molecular formula is C18H13F4NO2S. The molecule has 0 spiro atoms. The molecule has 26 heavy (non-hydrogen) atoms. The zero-order valence-electron chi connectivity index (χ0n) is 13.5. The molecule has 0 unspecified atom stereocenters. The second-order valence-corrected chi connectivity index (χ2v) is 6.76. The van der Waals surface area contributed by atoms with Crippen LogP contribution in [0.3, 0.4) is 0 Å². The molecule has 0 saturated heterocycles. The van der Waals surface area contributed by atoms with E-state index in [1.165, 1.54) is 42.1 Å². The molecule has 0 aliphatic heterocycles. The Balaban J connectivity index is 2.05. The molecule has 3 rings (SSSR count). The van der Waals surface area contributed by atoms with Crippen molar-refractivity contribution < 1.29 is 27.5 Å².